The maximum Gasteiger partial charge on any atom is 0.319 e. The van der Waals surface area contributed by atoms with Crippen molar-refractivity contribution in [1.82, 2.24) is 0 Å². The number of methoxy groups -OCH3 is 1. The molecule has 0 aromatic carbocycles. The summed E-state index contributed by atoms with van der Waals surface area (Å²) < 4.78 is 5.44. The molecule has 0 radical (unpaired) electrons. The van der Waals surface area contributed by atoms with Crippen molar-refractivity contribution < 1.29 is 14.3 Å². The van der Waals surface area contributed by atoms with Gasteiger partial charge in [-0.25, -0.2) is 0 Å². The second-order valence-electron chi connectivity index (χ2n) is 3.57. The molecule has 0 atom stereocenters. The van der Waals surface area contributed by atoms with Gasteiger partial charge in [0.15, 0.2) is 5.78 Å². The van der Waals surface area contributed by atoms with E-state index in [2.05, 4.69) is 20.7 Å². The van der Waals surface area contributed by atoms with Crippen LogP contribution < -0.4 is 0 Å². The van der Waals surface area contributed by atoms with Gasteiger partial charge in [-0.2, -0.15) is 0 Å². The van der Waals surface area contributed by atoms with Gasteiger partial charge in [0, 0.05) is 9.85 Å². The fraction of sp³-hybridized carbons (Fsp3) is 0.400. The smallest absolute Gasteiger partial charge is 0.319 e. The van der Waals surface area contributed by atoms with Crippen LogP contribution in [0, 0.1) is 5.41 Å². The van der Waals surface area contributed by atoms with Crippen molar-refractivity contribution in [3.63, 3.8) is 0 Å². The van der Waals surface area contributed by atoms with E-state index in [0.29, 0.717) is 4.88 Å². The molecule has 15 heavy (non-hydrogen) atoms. The van der Waals surface area contributed by atoms with Gasteiger partial charge in [-0.3, -0.25) is 9.59 Å². The molecule has 0 N–H and O–H groups in total. The summed E-state index contributed by atoms with van der Waals surface area (Å²) in [5.41, 5.74) is -1.13. The van der Waals surface area contributed by atoms with Crippen LogP contribution >= 0.6 is 27.3 Å². The first-order chi connectivity index (χ1) is 6.89. The third-order valence-electron chi connectivity index (χ3n) is 2.05. The molecule has 3 nitrogen and oxygen atoms in total. The maximum atomic E-state index is 12.0. The largest absolute Gasteiger partial charge is 0.468 e. The van der Waals surface area contributed by atoms with Crippen molar-refractivity contribution in [3.05, 3.63) is 20.8 Å². The predicted molar refractivity (Wildman–Crippen MR) is 62.1 cm³/mol. The molecule has 0 spiro atoms. The number of hydrogen-bond donors (Lipinski definition) is 0. The minimum Gasteiger partial charge on any atom is -0.468 e. The van der Waals surface area contributed by atoms with Crippen LogP contribution in [0.25, 0.3) is 0 Å². The monoisotopic (exact) mass is 290 g/mol. The number of rotatable bonds is 3. The third kappa shape index (κ3) is 2.46. The lowest BCUT2D eigenvalue weighted by atomic mass is 9.87. The number of Topliss-reactive ketones (excluding diaryl/α,β-unsaturated/α-hetero) is 1. The average molecular weight is 291 g/mol. The highest BCUT2D eigenvalue weighted by molar-refractivity contribution is 9.10. The summed E-state index contributed by atoms with van der Waals surface area (Å²) >= 11 is 4.57. The van der Waals surface area contributed by atoms with Crippen LogP contribution in [0.5, 0.6) is 0 Å². The fourth-order valence-corrected chi connectivity index (χ4v) is 2.61. The van der Waals surface area contributed by atoms with Crippen molar-refractivity contribution >= 4 is 39.0 Å². The van der Waals surface area contributed by atoms with Crippen LogP contribution in [0.3, 0.4) is 0 Å². The Balaban J connectivity index is 2.99. The van der Waals surface area contributed by atoms with Crippen LogP contribution in [0.2, 0.25) is 0 Å². The number of ether oxygens (including phenoxy) is 1. The molecule has 0 saturated carbocycles. The van der Waals surface area contributed by atoms with E-state index < -0.39 is 11.4 Å². The first-order valence-electron chi connectivity index (χ1n) is 4.27. The molecule has 5 heteroatoms. The predicted octanol–water partition coefficient (Wildman–Crippen LogP) is 2.89. The topological polar surface area (TPSA) is 43.4 Å². The van der Waals surface area contributed by atoms with E-state index in [1.807, 2.05) is 0 Å². The quantitative estimate of drug-likeness (QED) is 0.488. The Kier molecular flexibility index (Phi) is 3.67. The van der Waals surface area contributed by atoms with Gasteiger partial charge < -0.3 is 4.74 Å². The number of thiophene rings is 1. The normalized spacial score (nSPS) is 11.2. The van der Waals surface area contributed by atoms with Crippen molar-refractivity contribution in [3.8, 4) is 0 Å². The number of carbonyl (C=O) groups excluding carboxylic acids is 2. The summed E-state index contributed by atoms with van der Waals surface area (Å²) in [5, 5.41) is 1.81. The molecule has 1 rings (SSSR count). The van der Waals surface area contributed by atoms with E-state index in [-0.39, 0.29) is 5.78 Å². The second kappa shape index (κ2) is 4.45. The molecule has 1 aromatic heterocycles. The minimum atomic E-state index is -1.13. The Hall–Kier alpha value is -0.680. The van der Waals surface area contributed by atoms with Crippen molar-refractivity contribution in [2.24, 2.45) is 5.41 Å². The van der Waals surface area contributed by atoms with Gasteiger partial charge in [-0.15, -0.1) is 11.3 Å². The van der Waals surface area contributed by atoms with Gasteiger partial charge in [0.2, 0.25) is 0 Å². The van der Waals surface area contributed by atoms with Crippen molar-refractivity contribution in [2.75, 3.05) is 7.11 Å². The van der Waals surface area contributed by atoms with Crippen LogP contribution in [0.1, 0.15) is 23.5 Å². The molecule has 82 valence electrons. The van der Waals surface area contributed by atoms with Gasteiger partial charge in [0.1, 0.15) is 5.41 Å². The van der Waals surface area contributed by atoms with Gasteiger partial charge in [0.25, 0.3) is 0 Å². The SMILES string of the molecule is COC(=O)C(C)(C)C(=O)c1cc(Br)cs1. The van der Waals surface area contributed by atoms with Crippen molar-refractivity contribution in [2.45, 2.75) is 13.8 Å². The van der Waals surface area contributed by atoms with Gasteiger partial charge in [-0.1, -0.05) is 0 Å². The Morgan fingerprint density at radius 2 is 2.07 bits per heavy atom. The van der Waals surface area contributed by atoms with E-state index in [0.717, 1.165) is 4.47 Å². The average Bonchev–Trinajstić information content (AvgIpc) is 2.62. The van der Waals surface area contributed by atoms with Gasteiger partial charge >= 0.3 is 5.97 Å². The second-order valence-corrected chi connectivity index (χ2v) is 5.40. The zero-order chi connectivity index (χ0) is 11.6. The van der Waals surface area contributed by atoms with Crippen LogP contribution in [-0.4, -0.2) is 18.9 Å². The van der Waals surface area contributed by atoms with Crippen molar-refractivity contribution in [1.29, 1.82) is 0 Å². The van der Waals surface area contributed by atoms with Crippen LogP contribution in [-0.2, 0) is 9.53 Å². The zero-order valence-corrected chi connectivity index (χ0v) is 11.1. The molecule has 0 aliphatic rings. The highest BCUT2D eigenvalue weighted by Gasteiger charge is 2.38. The molecule has 0 bridgehead atoms. The highest BCUT2D eigenvalue weighted by Crippen LogP contribution is 2.28. The summed E-state index contributed by atoms with van der Waals surface area (Å²) in [5.74, 6) is -0.734. The lowest BCUT2D eigenvalue weighted by molar-refractivity contribution is -0.147. The summed E-state index contributed by atoms with van der Waals surface area (Å²) in [6.45, 7) is 3.13. The fourth-order valence-electron chi connectivity index (χ4n) is 1.09. The summed E-state index contributed by atoms with van der Waals surface area (Å²) in [4.78, 5) is 23.9. The van der Waals surface area contributed by atoms with E-state index >= 15 is 0 Å². The summed E-state index contributed by atoms with van der Waals surface area (Å²) in [6.07, 6.45) is 0. The maximum absolute atomic E-state index is 12.0. The lowest BCUT2D eigenvalue weighted by Crippen LogP contribution is -2.34. The number of esters is 1. The molecule has 0 unspecified atom stereocenters. The number of halogens is 1. The van der Waals surface area contributed by atoms with Crippen LogP contribution in [0.4, 0.5) is 0 Å². The van der Waals surface area contributed by atoms with Crippen LogP contribution in [0.15, 0.2) is 15.9 Å². The molecule has 0 amide bonds. The molecule has 0 aliphatic carbocycles. The molecule has 0 fully saturated rings. The van der Waals surface area contributed by atoms with E-state index in [1.165, 1.54) is 18.4 Å². The van der Waals surface area contributed by atoms with E-state index in [9.17, 15) is 9.59 Å². The molecule has 0 aliphatic heterocycles. The minimum absolute atomic E-state index is 0.218. The Bertz CT molecular complexity index is 395. The number of carbonyl (C=O) groups is 2. The zero-order valence-electron chi connectivity index (χ0n) is 8.67. The highest BCUT2D eigenvalue weighted by atomic mass is 79.9. The summed E-state index contributed by atoms with van der Waals surface area (Å²) in [6, 6.07) is 1.71. The lowest BCUT2D eigenvalue weighted by Gasteiger charge is -2.18. The van der Waals surface area contributed by atoms with E-state index in [4.69, 9.17) is 0 Å². The number of hydrogen-bond acceptors (Lipinski definition) is 4. The molecular weight excluding hydrogens is 280 g/mol. The molecular formula is C10H11BrO3S. The van der Waals surface area contributed by atoms with Gasteiger partial charge in [-0.05, 0) is 35.8 Å². The molecule has 0 saturated heterocycles. The third-order valence-corrected chi connectivity index (χ3v) is 3.74. The molecule has 1 aromatic rings. The van der Waals surface area contributed by atoms with Gasteiger partial charge in [0.05, 0.1) is 12.0 Å². The summed E-state index contributed by atoms with van der Waals surface area (Å²) in [7, 11) is 1.28. The first kappa shape index (κ1) is 12.4. The Morgan fingerprint density at radius 1 is 1.47 bits per heavy atom. The standard InChI is InChI=1S/C10H11BrO3S/c1-10(2,9(13)14-3)8(12)7-4-6(11)5-15-7/h4-5H,1-3H3. The Morgan fingerprint density at radius 3 is 2.47 bits per heavy atom. The van der Waals surface area contributed by atoms with E-state index in [1.54, 1.807) is 25.3 Å². The molecule has 1 heterocycles. The Labute approximate surface area is 101 Å². The number of ketones is 1. The first-order valence-corrected chi connectivity index (χ1v) is 5.94.